The van der Waals surface area contributed by atoms with Crippen molar-refractivity contribution >= 4 is 11.6 Å². The van der Waals surface area contributed by atoms with E-state index in [9.17, 15) is 13.2 Å². The van der Waals surface area contributed by atoms with Crippen molar-refractivity contribution in [2.45, 2.75) is 12.7 Å². The van der Waals surface area contributed by atoms with Crippen molar-refractivity contribution < 1.29 is 13.2 Å². The molecule has 1 aromatic carbocycles. The van der Waals surface area contributed by atoms with Crippen LogP contribution in [0.1, 0.15) is 11.1 Å². The summed E-state index contributed by atoms with van der Waals surface area (Å²) in [5.74, 6) is 0. The number of nitrogens with zero attached hydrogens (tertiary/aromatic N) is 2. The first kappa shape index (κ1) is 12.0. The molecule has 1 aromatic heterocycles. The molecule has 0 aliphatic heterocycles. The Balaban J connectivity index is 2.31. The number of aromatic nitrogens is 2. The fraction of sp³-hybridized carbons (Fsp3) is 0.182. The molecular weight excluding hydrogens is 253 g/mol. The van der Waals surface area contributed by atoms with Crippen LogP contribution >= 0.6 is 11.6 Å². The summed E-state index contributed by atoms with van der Waals surface area (Å²) >= 11 is 5.52. The molecule has 2 nitrogen and oxygen atoms in total. The SMILES string of the molecule is FC(F)(F)c1cc(Cn2cccn2)ccc1Cl. The molecule has 2 rings (SSSR count). The Morgan fingerprint density at radius 2 is 2.06 bits per heavy atom. The summed E-state index contributed by atoms with van der Waals surface area (Å²) in [6, 6.07) is 5.56. The molecule has 0 spiro atoms. The minimum absolute atomic E-state index is 0.285. The van der Waals surface area contributed by atoms with E-state index in [0.717, 1.165) is 6.07 Å². The lowest BCUT2D eigenvalue weighted by Crippen LogP contribution is -2.08. The Bertz CT molecular complexity index is 506. The summed E-state index contributed by atoms with van der Waals surface area (Å²) < 4.78 is 39.3. The van der Waals surface area contributed by atoms with Gasteiger partial charge in [0.2, 0.25) is 0 Å². The standard InChI is InChI=1S/C11H8ClF3N2/c12-10-3-2-8(6-9(10)11(13,14)15)7-17-5-1-4-16-17/h1-6H,7H2. The molecule has 1 heterocycles. The largest absolute Gasteiger partial charge is 0.417 e. The van der Waals surface area contributed by atoms with Gasteiger partial charge in [0.05, 0.1) is 17.1 Å². The molecule has 0 N–H and O–H groups in total. The second kappa shape index (κ2) is 4.41. The van der Waals surface area contributed by atoms with E-state index in [1.807, 2.05) is 0 Å². The van der Waals surface area contributed by atoms with Crippen LogP contribution in [0.15, 0.2) is 36.7 Å². The quantitative estimate of drug-likeness (QED) is 0.807. The molecule has 0 unspecified atom stereocenters. The molecule has 0 saturated carbocycles. The highest BCUT2D eigenvalue weighted by Crippen LogP contribution is 2.35. The highest BCUT2D eigenvalue weighted by atomic mass is 35.5. The Labute approximate surface area is 101 Å². The van der Waals surface area contributed by atoms with Crippen molar-refractivity contribution in [1.29, 1.82) is 0 Å². The van der Waals surface area contributed by atoms with Crippen LogP contribution < -0.4 is 0 Å². The van der Waals surface area contributed by atoms with Crippen LogP contribution in [0.4, 0.5) is 13.2 Å². The van der Waals surface area contributed by atoms with Gasteiger partial charge in [0.25, 0.3) is 0 Å². The fourth-order valence-electron chi connectivity index (χ4n) is 1.47. The molecule has 0 amide bonds. The second-order valence-corrected chi connectivity index (χ2v) is 3.92. The Morgan fingerprint density at radius 3 is 2.65 bits per heavy atom. The highest BCUT2D eigenvalue weighted by molar-refractivity contribution is 6.31. The molecule has 0 radical (unpaired) electrons. The van der Waals surface area contributed by atoms with Crippen LogP contribution in [0.3, 0.4) is 0 Å². The average molecular weight is 261 g/mol. The van der Waals surface area contributed by atoms with Crippen LogP contribution in [0.25, 0.3) is 0 Å². The Kier molecular flexibility index (Phi) is 3.11. The number of halogens is 4. The minimum atomic E-state index is -4.43. The van der Waals surface area contributed by atoms with E-state index in [-0.39, 0.29) is 11.6 Å². The topological polar surface area (TPSA) is 17.8 Å². The highest BCUT2D eigenvalue weighted by Gasteiger charge is 2.33. The van der Waals surface area contributed by atoms with E-state index in [1.165, 1.54) is 6.07 Å². The summed E-state index contributed by atoms with van der Waals surface area (Å²) in [7, 11) is 0. The maximum atomic E-state index is 12.6. The minimum Gasteiger partial charge on any atom is -0.268 e. The molecule has 17 heavy (non-hydrogen) atoms. The number of hydrogen-bond donors (Lipinski definition) is 0. The van der Waals surface area contributed by atoms with Gasteiger partial charge in [-0.1, -0.05) is 17.7 Å². The molecular formula is C11H8ClF3N2. The van der Waals surface area contributed by atoms with Gasteiger partial charge in [-0.2, -0.15) is 18.3 Å². The lowest BCUT2D eigenvalue weighted by molar-refractivity contribution is -0.137. The molecule has 6 heteroatoms. The van der Waals surface area contributed by atoms with Crippen LogP contribution in [-0.2, 0) is 12.7 Å². The van der Waals surface area contributed by atoms with Gasteiger partial charge in [-0.15, -0.1) is 0 Å². The molecule has 0 atom stereocenters. The summed E-state index contributed by atoms with van der Waals surface area (Å²) in [4.78, 5) is 0. The smallest absolute Gasteiger partial charge is 0.268 e. The van der Waals surface area contributed by atoms with Crippen molar-refractivity contribution in [1.82, 2.24) is 9.78 Å². The fourth-order valence-corrected chi connectivity index (χ4v) is 1.69. The summed E-state index contributed by atoms with van der Waals surface area (Å²) in [5.41, 5.74) is -0.311. The first-order valence-corrected chi connectivity index (χ1v) is 5.17. The van der Waals surface area contributed by atoms with E-state index in [0.29, 0.717) is 5.56 Å². The van der Waals surface area contributed by atoms with E-state index >= 15 is 0 Å². The van der Waals surface area contributed by atoms with Gasteiger partial charge in [0, 0.05) is 12.4 Å². The normalized spacial score (nSPS) is 11.8. The number of hydrogen-bond acceptors (Lipinski definition) is 1. The predicted octanol–water partition coefficient (Wildman–Crippen LogP) is 3.60. The van der Waals surface area contributed by atoms with E-state index in [4.69, 9.17) is 11.6 Å². The van der Waals surface area contributed by atoms with Gasteiger partial charge >= 0.3 is 6.18 Å². The zero-order chi connectivity index (χ0) is 12.5. The Hall–Kier alpha value is -1.49. The van der Waals surface area contributed by atoms with E-state index in [1.54, 1.807) is 29.2 Å². The van der Waals surface area contributed by atoms with Crippen molar-refractivity contribution in [2.24, 2.45) is 0 Å². The zero-order valence-electron chi connectivity index (χ0n) is 8.58. The first-order valence-electron chi connectivity index (χ1n) is 4.80. The third-order valence-electron chi connectivity index (χ3n) is 2.24. The van der Waals surface area contributed by atoms with Gasteiger partial charge in [-0.3, -0.25) is 4.68 Å². The Morgan fingerprint density at radius 1 is 1.29 bits per heavy atom. The molecule has 0 fully saturated rings. The predicted molar refractivity (Wildman–Crippen MR) is 57.8 cm³/mol. The molecule has 90 valence electrons. The molecule has 0 aliphatic rings. The summed E-state index contributed by atoms with van der Waals surface area (Å²) in [6.07, 6.45) is -1.18. The van der Waals surface area contributed by atoms with Gasteiger partial charge in [-0.25, -0.2) is 0 Å². The van der Waals surface area contributed by atoms with Crippen molar-refractivity contribution in [3.63, 3.8) is 0 Å². The molecule has 2 aromatic rings. The van der Waals surface area contributed by atoms with Crippen LogP contribution in [0.5, 0.6) is 0 Å². The van der Waals surface area contributed by atoms with Crippen LogP contribution in [-0.4, -0.2) is 9.78 Å². The molecule has 0 saturated heterocycles. The second-order valence-electron chi connectivity index (χ2n) is 3.52. The van der Waals surface area contributed by atoms with Crippen LogP contribution in [0.2, 0.25) is 5.02 Å². The average Bonchev–Trinajstić information content (AvgIpc) is 2.72. The van der Waals surface area contributed by atoms with Crippen molar-refractivity contribution in [3.8, 4) is 0 Å². The lowest BCUT2D eigenvalue weighted by Gasteiger charge is -2.11. The summed E-state index contributed by atoms with van der Waals surface area (Å²) in [5, 5.41) is 3.64. The lowest BCUT2D eigenvalue weighted by atomic mass is 10.1. The molecule has 0 aliphatic carbocycles. The third-order valence-corrected chi connectivity index (χ3v) is 2.57. The number of benzene rings is 1. The third kappa shape index (κ3) is 2.79. The van der Waals surface area contributed by atoms with Crippen molar-refractivity contribution in [3.05, 3.63) is 52.8 Å². The maximum absolute atomic E-state index is 12.6. The maximum Gasteiger partial charge on any atom is 0.417 e. The number of alkyl halides is 3. The summed E-state index contributed by atoms with van der Waals surface area (Å²) in [6.45, 7) is 0.285. The first-order chi connectivity index (χ1) is 7.97. The van der Waals surface area contributed by atoms with Gasteiger partial charge in [0.1, 0.15) is 0 Å². The zero-order valence-corrected chi connectivity index (χ0v) is 9.33. The van der Waals surface area contributed by atoms with Gasteiger partial charge in [0.15, 0.2) is 0 Å². The van der Waals surface area contributed by atoms with Crippen LogP contribution in [0, 0.1) is 0 Å². The molecule has 0 bridgehead atoms. The van der Waals surface area contributed by atoms with Gasteiger partial charge < -0.3 is 0 Å². The number of rotatable bonds is 2. The van der Waals surface area contributed by atoms with E-state index < -0.39 is 11.7 Å². The van der Waals surface area contributed by atoms with Crippen molar-refractivity contribution in [2.75, 3.05) is 0 Å². The van der Waals surface area contributed by atoms with E-state index in [2.05, 4.69) is 5.10 Å². The monoisotopic (exact) mass is 260 g/mol. The van der Waals surface area contributed by atoms with Gasteiger partial charge in [-0.05, 0) is 23.8 Å².